The second kappa shape index (κ2) is 7.82. The first-order valence-corrected chi connectivity index (χ1v) is 9.29. The van der Waals surface area contributed by atoms with E-state index in [-0.39, 0.29) is 6.10 Å². The summed E-state index contributed by atoms with van der Waals surface area (Å²) in [6, 6.07) is 0. The van der Waals surface area contributed by atoms with Gasteiger partial charge in [0.1, 0.15) is 0 Å². The van der Waals surface area contributed by atoms with Crippen LogP contribution in [0.3, 0.4) is 0 Å². The zero-order valence-electron chi connectivity index (χ0n) is 14.0. The Morgan fingerprint density at radius 3 is 2.15 bits per heavy atom. The van der Waals surface area contributed by atoms with Crippen LogP contribution in [0, 0.1) is 29.6 Å². The normalized spacial score (nSPS) is 40.5. The fourth-order valence-electron chi connectivity index (χ4n) is 4.60. The van der Waals surface area contributed by atoms with Crippen LogP contribution in [0.5, 0.6) is 0 Å². The molecule has 0 amide bonds. The fourth-order valence-corrected chi connectivity index (χ4v) is 4.60. The molecule has 0 aliphatic heterocycles. The van der Waals surface area contributed by atoms with Crippen molar-refractivity contribution in [1.82, 2.24) is 0 Å². The highest BCUT2D eigenvalue weighted by molar-refractivity contribution is 4.85. The molecule has 1 heteroatoms. The molecule has 2 saturated carbocycles. The molecule has 1 nitrogen and oxygen atoms in total. The van der Waals surface area contributed by atoms with Gasteiger partial charge in [-0.25, -0.2) is 0 Å². The molecule has 4 atom stereocenters. The average molecular weight is 280 g/mol. The summed E-state index contributed by atoms with van der Waals surface area (Å²) in [6.45, 7) is 7.05. The zero-order chi connectivity index (χ0) is 14.5. The third kappa shape index (κ3) is 4.23. The van der Waals surface area contributed by atoms with Crippen LogP contribution < -0.4 is 0 Å². The van der Waals surface area contributed by atoms with Gasteiger partial charge in [-0.1, -0.05) is 59.3 Å². The molecule has 0 aromatic carbocycles. The van der Waals surface area contributed by atoms with E-state index in [0.717, 1.165) is 17.8 Å². The van der Waals surface area contributed by atoms with E-state index in [2.05, 4.69) is 20.8 Å². The topological polar surface area (TPSA) is 20.2 Å². The van der Waals surface area contributed by atoms with Crippen LogP contribution in [0.25, 0.3) is 0 Å². The summed E-state index contributed by atoms with van der Waals surface area (Å²) in [5, 5.41) is 10.8. The predicted octanol–water partition coefficient (Wildman–Crippen LogP) is 5.42. The third-order valence-corrected chi connectivity index (χ3v) is 6.46. The van der Waals surface area contributed by atoms with Crippen molar-refractivity contribution in [3.05, 3.63) is 0 Å². The number of aliphatic hydroxyl groups excluding tert-OH is 1. The molecule has 0 heterocycles. The third-order valence-electron chi connectivity index (χ3n) is 6.46. The lowest BCUT2D eigenvalue weighted by atomic mass is 9.68. The smallest absolute Gasteiger partial charge is 0.0596 e. The number of aliphatic hydroxyl groups is 1. The Balaban J connectivity index is 1.75. The maximum absolute atomic E-state index is 10.8. The van der Waals surface area contributed by atoms with Gasteiger partial charge < -0.3 is 5.11 Å². The van der Waals surface area contributed by atoms with Crippen molar-refractivity contribution in [2.45, 2.75) is 91.1 Å². The second-order valence-corrected chi connectivity index (χ2v) is 7.94. The van der Waals surface area contributed by atoms with Gasteiger partial charge in [-0.2, -0.15) is 0 Å². The van der Waals surface area contributed by atoms with Gasteiger partial charge in [0.05, 0.1) is 6.10 Å². The molecule has 0 bridgehead atoms. The number of unbranched alkanes of at least 4 members (excludes halogenated alkanes) is 1. The van der Waals surface area contributed by atoms with Crippen molar-refractivity contribution >= 4 is 0 Å². The van der Waals surface area contributed by atoms with Crippen LogP contribution in [0.15, 0.2) is 0 Å². The summed E-state index contributed by atoms with van der Waals surface area (Å²) >= 11 is 0. The molecule has 118 valence electrons. The standard InChI is InChI=1S/C19H36O/c1-4-5-6-16-8-11-17(12-9-16)19(20)18-10-7-14(2)15(3)13-18/h14-20H,4-13H2,1-3H3. The minimum Gasteiger partial charge on any atom is -0.393 e. The molecule has 0 saturated heterocycles. The van der Waals surface area contributed by atoms with Crippen molar-refractivity contribution in [2.24, 2.45) is 29.6 Å². The van der Waals surface area contributed by atoms with Gasteiger partial charge in [0, 0.05) is 0 Å². The van der Waals surface area contributed by atoms with E-state index in [4.69, 9.17) is 0 Å². The van der Waals surface area contributed by atoms with E-state index in [0.29, 0.717) is 11.8 Å². The van der Waals surface area contributed by atoms with Crippen molar-refractivity contribution < 1.29 is 5.11 Å². The lowest BCUT2D eigenvalue weighted by molar-refractivity contribution is -0.00368. The average Bonchev–Trinajstić information content (AvgIpc) is 2.48. The summed E-state index contributed by atoms with van der Waals surface area (Å²) in [5.74, 6) is 3.84. The van der Waals surface area contributed by atoms with Crippen LogP contribution in [-0.2, 0) is 0 Å². The minimum absolute atomic E-state index is 0.00271. The Kier molecular flexibility index (Phi) is 6.39. The molecule has 2 fully saturated rings. The first-order chi connectivity index (χ1) is 9.61. The first-order valence-electron chi connectivity index (χ1n) is 9.29. The van der Waals surface area contributed by atoms with Crippen LogP contribution in [0.4, 0.5) is 0 Å². The van der Waals surface area contributed by atoms with E-state index in [1.165, 1.54) is 64.2 Å². The van der Waals surface area contributed by atoms with E-state index >= 15 is 0 Å². The van der Waals surface area contributed by atoms with Crippen molar-refractivity contribution in [2.75, 3.05) is 0 Å². The van der Waals surface area contributed by atoms with Gasteiger partial charge >= 0.3 is 0 Å². The molecular weight excluding hydrogens is 244 g/mol. The summed E-state index contributed by atoms with van der Waals surface area (Å²) < 4.78 is 0. The summed E-state index contributed by atoms with van der Waals surface area (Å²) in [4.78, 5) is 0. The summed E-state index contributed by atoms with van der Waals surface area (Å²) in [6.07, 6.45) is 13.3. The molecule has 2 rings (SSSR count). The van der Waals surface area contributed by atoms with Gasteiger partial charge in [0.15, 0.2) is 0 Å². The quantitative estimate of drug-likeness (QED) is 0.713. The van der Waals surface area contributed by atoms with Crippen LogP contribution in [0.1, 0.15) is 85.0 Å². The van der Waals surface area contributed by atoms with Crippen molar-refractivity contribution in [3.63, 3.8) is 0 Å². The lowest BCUT2D eigenvalue weighted by Crippen LogP contribution is -2.36. The Hall–Kier alpha value is -0.0400. The maximum Gasteiger partial charge on any atom is 0.0596 e. The molecular formula is C19H36O. The Labute approximate surface area is 126 Å². The molecule has 0 spiro atoms. The van der Waals surface area contributed by atoms with Gasteiger partial charge in [-0.3, -0.25) is 0 Å². The van der Waals surface area contributed by atoms with Crippen molar-refractivity contribution in [1.29, 1.82) is 0 Å². The minimum atomic E-state index is -0.00271. The summed E-state index contributed by atoms with van der Waals surface area (Å²) in [7, 11) is 0. The highest BCUT2D eigenvalue weighted by Gasteiger charge is 2.34. The number of rotatable bonds is 5. The Morgan fingerprint density at radius 1 is 0.900 bits per heavy atom. The maximum atomic E-state index is 10.8. The van der Waals surface area contributed by atoms with Gasteiger partial charge in [0.2, 0.25) is 0 Å². The zero-order valence-corrected chi connectivity index (χ0v) is 14.0. The lowest BCUT2D eigenvalue weighted by Gasteiger charge is -2.39. The molecule has 0 aromatic rings. The molecule has 20 heavy (non-hydrogen) atoms. The second-order valence-electron chi connectivity index (χ2n) is 7.94. The van der Waals surface area contributed by atoms with E-state index in [1.54, 1.807) is 0 Å². The molecule has 2 aliphatic carbocycles. The molecule has 2 aliphatic rings. The first kappa shape index (κ1) is 16.3. The molecule has 4 unspecified atom stereocenters. The van der Waals surface area contributed by atoms with Crippen LogP contribution >= 0.6 is 0 Å². The van der Waals surface area contributed by atoms with E-state index in [9.17, 15) is 5.11 Å². The van der Waals surface area contributed by atoms with E-state index < -0.39 is 0 Å². The number of hydrogen-bond donors (Lipinski definition) is 1. The van der Waals surface area contributed by atoms with Gasteiger partial charge in [-0.05, 0) is 55.3 Å². The van der Waals surface area contributed by atoms with Crippen molar-refractivity contribution in [3.8, 4) is 0 Å². The van der Waals surface area contributed by atoms with Crippen LogP contribution in [0.2, 0.25) is 0 Å². The Morgan fingerprint density at radius 2 is 1.55 bits per heavy atom. The molecule has 1 N–H and O–H groups in total. The molecule has 0 radical (unpaired) electrons. The molecule has 0 aromatic heterocycles. The highest BCUT2D eigenvalue weighted by Crippen LogP contribution is 2.41. The van der Waals surface area contributed by atoms with Gasteiger partial charge in [-0.15, -0.1) is 0 Å². The summed E-state index contributed by atoms with van der Waals surface area (Å²) in [5.41, 5.74) is 0. The Bertz CT molecular complexity index is 267. The van der Waals surface area contributed by atoms with Crippen LogP contribution in [-0.4, -0.2) is 11.2 Å². The fraction of sp³-hybridized carbons (Fsp3) is 1.00. The van der Waals surface area contributed by atoms with E-state index in [1.807, 2.05) is 0 Å². The number of hydrogen-bond acceptors (Lipinski definition) is 1. The largest absolute Gasteiger partial charge is 0.393 e. The van der Waals surface area contributed by atoms with Gasteiger partial charge in [0.25, 0.3) is 0 Å². The monoisotopic (exact) mass is 280 g/mol. The highest BCUT2D eigenvalue weighted by atomic mass is 16.3. The SMILES string of the molecule is CCCCC1CCC(C(O)C2CCC(C)C(C)C2)CC1. The predicted molar refractivity (Wildman–Crippen MR) is 86.6 cm³/mol.